The SMILES string of the molecule is CC(CO)c1ccc(N2CCN(C)CC2)c(Cl)c1. The van der Waals surface area contributed by atoms with Crippen molar-refractivity contribution < 1.29 is 5.11 Å². The minimum atomic E-state index is 0.143. The van der Waals surface area contributed by atoms with Crippen molar-refractivity contribution in [2.75, 3.05) is 44.7 Å². The van der Waals surface area contributed by atoms with Gasteiger partial charge in [0, 0.05) is 38.7 Å². The van der Waals surface area contributed by atoms with Crippen LogP contribution in [0.5, 0.6) is 0 Å². The molecule has 4 heteroatoms. The highest BCUT2D eigenvalue weighted by atomic mass is 35.5. The summed E-state index contributed by atoms with van der Waals surface area (Å²) in [4.78, 5) is 4.66. The number of hydrogen-bond acceptors (Lipinski definition) is 3. The van der Waals surface area contributed by atoms with Crippen LogP contribution in [-0.2, 0) is 0 Å². The number of benzene rings is 1. The van der Waals surface area contributed by atoms with Crippen molar-refractivity contribution in [3.63, 3.8) is 0 Å². The Morgan fingerprint density at radius 3 is 2.50 bits per heavy atom. The molecule has 1 aromatic rings. The van der Waals surface area contributed by atoms with Gasteiger partial charge in [0.25, 0.3) is 0 Å². The van der Waals surface area contributed by atoms with Gasteiger partial charge in [-0.15, -0.1) is 0 Å². The monoisotopic (exact) mass is 268 g/mol. The van der Waals surface area contributed by atoms with Crippen LogP contribution in [-0.4, -0.2) is 49.8 Å². The lowest BCUT2D eigenvalue weighted by Gasteiger charge is -2.34. The summed E-state index contributed by atoms with van der Waals surface area (Å²) in [5.41, 5.74) is 2.21. The standard InChI is InChI=1S/C14H21ClN2O/c1-11(10-18)12-3-4-14(13(15)9-12)17-7-5-16(2)6-8-17/h3-4,9,11,18H,5-8,10H2,1-2H3. The second-order valence-electron chi connectivity index (χ2n) is 5.08. The summed E-state index contributed by atoms with van der Waals surface area (Å²) in [5, 5.41) is 9.96. The molecule has 1 heterocycles. The summed E-state index contributed by atoms with van der Waals surface area (Å²) >= 11 is 6.36. The zero-order chi connectivity index (χ0) is 13.1. The van der Waals surface area contributed by atoms with E-state index in [1.54, 1.807) is 0 Å². The van der Waals surface area contributed by atoms with E-state index < -0.39 is 0 Å². The van der Waals surface area contributed by atoms with E-state index in [2.05, 4.69) is 29.0 Å². The zero-order valence-electron chi connectivity index (χ0n) is 11.1. The average Bonchev–Trinajstić information content (AvgIpc) is 2.39. The molecule has 0 amide bonds. The highest BCUT2D eigenvalue weighted by molar-refractivity contribution is 6.33. The van der Waals surface area contributed by atoms with Crippen LogP contribution in [0.4, 0.5) is 5.69 Å². The van der Waals surface area contributed by atoms with E-state index in [0.29, 0.717) is 0 Å². The lowest BCUT2D eigenvalue weighted by atomic mass is 10.0. The van der Waals surface area contributed by atoms with Gasteiger partial charge >= 0.3 is 0 Å². The van der Waals surface area contributed by atoms with Crippen molar-refractivity contribution in [3.8, 4) is 0 Å². The van der Waals surface area contributed by atoms with Crippen LogP contribution in [0.25, 0.3) is 0 Å². The highest BCUT2D eigenvalue weighted by Gasteiger charge is 2.17. The van der Waals surface area contributed by atoms with Crippen molar-refractivity contribution in [1.82, 2.24) is 4.90 Å². The van der Waals surface area contributed by atoms with Gasteiger partial charge in [-0.1, -0.05) is 24.6 Å². The van der Waals surface area contributed by atoms with Crippen LogP contribution < -0.4 is 4.90 Å². The normalized spacial score (nSPS) is 19.0. The van der Waals surface area contributed by atoms with Crippen molar-refractivity contribution >= 4 is 17.3 Å². The molecule has 0 radical (unpaired) electrons. The zero-order valence-corrected chi connectivity index (χ0v) is 11.8. The van der Waals surface area contributed by atoms with Gasteiger partial charge in [0.1, 0.15) is 0 Å². The number of hydrogen-bond donors (Lipinski definition) is 1. The maximum atomic E-state index is 9.17. The number of anilines is 1. The second-order valence-corrected chi connectivity index (χ2v) is 5.49. The fourth-order valence-corrected chi connectivity index (χ4v) is 2.55. The Labute approximate surface area is 114 Å². The fraction of sp³-hybridized carbons (Fsp3) is 0.571. The summed E-state index contributed by atoms with van der Waals surface area (Å²) in [6.45, 7) is 6.35. The van der Waals surface area contributed by atoms with E-state index in [1.807, 2.05) is 13.0 Å². The summed E-state index contributed by atoms with van der Waals surface area (Å²) in [5.74, 6) is 0.143. The minimum absolute atomic E-state index is 0.143. The third-order valence-corrected chi connectivity index (χ3v) is 3.96. The van der Waals surface area contributed by atoms with Crippen molar-refractivity contribution in [2.45, 2.75) is 12.8 Å². The van der Waals surface area contributed by atoms with Crippen molar-refractivity contribution in [1.29, 1.82) is 0 Å². The summed E-state index contributed by atoms with van der Waals surface area (Å²) in [6, 6.07) is 6.13. The molecule has 0 aromatic heterocycles. The molecule has 1 saturated heterocycles. The lowest BCUT2D eigenvalue weighted by molar-refractivity contribution is 0.273. The smallest absolute Gasteiger partial charge is 0.0642 e. The molecule has 0 aliphatic carbocycles. The number of aliphatic hydroxyl groups excluding tert-OH is 1. The fourth-order valence-electron chi connectivity index (χ4n) is 2.24. The van der Waals surface area contributed by atoms with Crippen LogP contribution in [0, 0.1) is 0 Å². The third kappa shape index (κ3) is 2.97. The number of likely N-dealkylation sites (N-methyl/N-ethyl adjacent to an activating group) is 1. The molecule has 0 bridgehead atoms. The number of piperazine rings is 1. The maximum Gasteiger partial charge on any atom is 0.0642 e. The van der Waals surface area contributed by atoms with E-state index >= 15 is 0 Å². The predicted molar refractivity (Wildman–Crippen MR) is 76.7 cm³/mol. The van der Waals surface area contributed by atoms with E-state index in [9.17, 15) is 0 Å². The number of aliphatic hydroxyl groups is 1. The van der Waals surface area contributed by atoms with Gasteiger partial charge in [-0.05, 0) is 24.7 Å². The first-order valence-corrected chi connectivity index (χ1v) is 6.83. The van der Waals surface area contributed by atoms with Crippen LogP contribution in [0.15, 0.2) is 18.2 Å². The first-order valence-electron chi connectivity index (χ1n) is 6.45. The molecule has 1 aliphatic rings. The molecule has 2 rings (SSSR count). The molecule has 1 unspecified atom stereocenters. The van der Waals surface area contributed by atoms with Gasteiger partial charge in [0.2, 0.25) is 0 Å². The van der Waals surface area contributed by atoms with Gasteiger partial charge in [-0.2, -0.15) is 0 Å². The van der Waals surface area contributed by atoms with Gasteiger partial charge in [0.05, 0.1) is 10.7 Å². The Bertz CT molecular complexity index is 403. The molecule has 1 fully saturated rings. The molecule has 3 nitrogen and oxygen atoms in total. The van der Waals surface area contributed by atoms with E-state index in [-0.39, 0.29) is 12.5 Å². The third-order valence-electron chi connectivity index (χ3n) is 3.66. The topological polar surface area (TPSA) is 26.7 Å². The van der Waals surface area contributed by atoms with Crippen LogP contribution in [0.2, 0.25) is 5.02 Å². The summed E-state index contributed by atoms with van der Waals surface area (Å²) in [6.07, 6.45) is 0. The Kier molecular flexibility index (Phi) is 4.49. The predicted octanol–water partition coefficient (Wildman–Crippen LogP) is 2.19. The molecule has 0 saturated carbocycles. The van der Waals surface area contributed by atoms with Crippen molar-refractivity contribution in [3.05, 3.63) is 28.8 Å². The first kappa shape index (κ1) is 13.7. The van der Waals surface area contributed by atoms with Gasteiger partial charge in [-0.3, -0.25) is 0 Å². The molecule has 1 N–H and O–H groups in total. The molecular weight excluding hydrogens is 248 g/mol. The number of halogens is 1. The van der Waals surface area contributed by atoms with E-state index in [0.717, 1.165) is 42.5 Å². The average molecular weight is 269 g/mol. The van der Waals surface area contributed by atoms with E-state index in [4.69, 9.17) is 16.7 Å². The Hall–Kier alpha value is -0.770. The lowest BCUT2D eigenvalue weighted by Crippen LogP contribution is -2.44. The molecule has 1 aromatic carbocycles. The molecule has 100 valence electrons. The molecule has 1 atom stereocenters. The van der Waals surface area contributed by atoms with Gasteiger partial charge in [-0.25, -0.2) is 0 Å². The second kappa shape index (κ2) is 5.91. The summed E-state index contributed by atoms with van der Waals surface area (Å²) in [7, 11) is 2.14. The first-order chi connectivity index (χ1) is 8.61. The van der Waals surface area contributed by atoms with Crippen LogP contribution in [0.3, 0.4) is 0 Å². The minimum Gasteiger partial charge on any atom is -0.396 e. The van der Waals surface area contributed by atoms with Gasteiger partial charge < -0.3 is 14.9 Å². The maximum absolute atomic E-state index is 9.17. The van der Waals surface area contributed by atoms with Crippen LogP contribution in [0.1, 0.15) is 18.4 Å². The number of nitrogens with zero attached hydrogens (tertiary/aromatic N) is 2. The summed E-state index contributed by atoms with van der Waals surface area (Å²) < 4.78 is 0. The molecule has 0 spiro atoms. The van der Waals surface area contributed by atoms with Crippen molar-refractivity contribution in [2.24, 2.45) is 0 Å². The van der Waals surface area contributed by atoms with Crippen LogP contribution >= 0.6 is 11.6 Å². The quantitative estimate of drug-likeness (QED) is 0.910. The largest absolute Gasteiger partial charge is 0.396 e. The Balaban J connectivity index is 2.14. The molecule has 1 aliphatic heterocycles. The highest BCUT2D eigenvalue weighted by Crippen LogP contribution is 2.30. The van der Waals surface area contributed by atoms with E-state index in [1.165, 1.54) is 0 Å². The Morgan fingerprint density at radius 1 is 1.28 bits per heavy atom. The molecule has 18 heavy (non-hydrogen) atoms. The molecular formula is C14H21ClN2O. The number of rotatable bonds is 3. The Morgan fingerprint density at radius 2 is 1.94 bits per heavy atom. The van der Waals surface area contributed by atoms with Gasteiger partial charge in [0.15, 0.2) is 0 Å².